The Morgan fingerprint density at radius 2 is 2.00 bits per heavy atom. The largest absolute Gasteiger partial charge is 0.396 e. The third kappa shape index (κ3) is 3.05. The van der Waals surface area contributed by atoms with Gasteiger partial charge in [-0.3, -0.25) is 4.90 Å². The van der Waals surface area contributed by atoms with Gasteiger partial charge in [0.25, 0.3) is 0 Å². The van der Waals surface area contributed by atoms with Gasteiger partial charge in [0, 0.05) is 24.7 Å². The highest BCUT2D eigenvalue weighted by Crippen LogP contribution is 2.47. The molecule has 0 amide bonds. The van der Waals surface area contributed by atoms with Crippen molar-refractivity contribution in [3.8, 4) is 12.3 Å². The van der Waals surface area contributed by atoms with E-state index in [9.17, 15) is 5.11 Å². The molecule has 3 fully saturated rings. The standard InChI is InChI=1S/C19H29NO/c1-2-3-4-6-15-7-5-8-19-18(15)12-11-16-9-10-17(13-14-21)20(16)19/h1,3-4,15-19,21H,5-14H2. The summed E-state index contributed by atoms with van der Waals surface area (Å²) in [4.78, 5) is 2.83. The smallest absolute Gasteiger partial charge is 0.0445 e. The lowest BCUT2D eigenvalue weighted by Crippen LogP contribution is -2.54. The van der Waals surface area contributed by atoms with Gasteiger partial charge >= 0.3 is 0 Å². The van der Waals surface area contributed by atoms with Crippen molar-refractivity contribution in [1.82, 2.24) is 4.90 Å². The number of nitrogens with zero attached hydrogens (tertiary/aromatic N) is 1. The van der Waals surface area contributed by atoms with Gasteiger partial charge in [0.2, 0.25) is 0 Å². The Morgan fingerprint density at radius 3 is 2.81 bits per heavy atom. The number of allylic oxidation sites excluding steroid dienone is 2. The number of hydrogen-bond donors (Lipinski definition) is 1. The first kappa shape index (κ1) is 15.1. The number of rotatable bonds is 4. The Hall–Kier alpha value is -0.780. The van der Waals surface area contributed by atoms with Crippen LogP contribution in [-0.2, 0) is 0 Å². The second-order valence-corrected chi connectivity index (χ2v) is 7.15. The monoisotopic (exact) mass is 287 g/mol. The quantitative estimate of drug-likeness (QED) is 0.802. The summed E-state index contributed by atoms with van der Waals surface area (Å²) in [6.45, 7) is 0.347. The fourth-order valence-electron chi connectivity index (χ4n) is 5.38. The Bertz CT molecular complexity index is 410. The molecule has 3 aliphatic rings. The molecule has 2 saturated heterocycles. The predicted octanol–water partition coefficient (Wildman–Crippen LogP) is 3.36. The molecule has 0 aromatic heterocycles. The van der Waals surface area contributed by atoms with E-state index in [1.54, 1.807) is 0 Å². The first-order valence-corrected chi connectivity index (χ1v) is 8.84. The van der Waals surface area contributed by atoms with E-state index in [4.69, 9.17) is 6.42 Å². The van der Waals surface area contributed by atoms with Crippen LogP contribution in [0.2, 0.25) is 0 Å². The molecule has 3 rings (SSSR count). The molecule has 5 atom stereocenters. The molecule has 1 N–H and O–H groups in total. The molecule has 0 radical (unpaired) electrons. The molecule has 2 heterocycles. The fraction of sp³-hybridized carbons (Fsp3) is 0.789. The van der Waals surface area contributed by atoms with E-state index in [2.05, 4.69) is 16.9 Å². The van der Waals surface area contributed by atoms with E-state index >= 15 is 0 Å². The summed E-state index contributed by atoms with van der Waals surface area (Å²) in [5.41, 5.74) is 0. The highest BCUT2D eigenvalue weighted by Gasteiger charge is 2.46. The summed E-state index contributed by atoms with van der Waals surface area (Å²) in [5.74, 6) is 4.30. The highest BCUT2D eigenvalue weighted by molar-refractivity contribution is 5.10. The van der Waals surface area contributed by atoms with Crippen LogP contribution in [0.4, 0.5) is 0 Å². The summed E-state index contributed by atoms with van der Waals surface area (Å²) in [7, 11) is 0. The van der Waals surface area contributed by atoms with Gasteiger partial charge in [0.15, 0.2) is 0 Å². The topological polar surface area (TPSA) is 23.5 Å². The van der Waals surface area contributed by atoms with Gasteiger partial charge in [0.05, 0.1) is 0 Å². The number of aliphatic hydroxyl groups excluding tert-OH is 1. The van der Waals surface area contributed by atoms with Gasteiger partial charge in [-0.1, -0.05) is 18.4 Å². The lowest BCUT2D eigenvalue weighted by atomic mass is 9.69. The molecule has 1 saturated carbocycles. The molecule has 116 valence electrons. The van der Waals surface area contributed by atoms with E-state index in [-0.39, 0.29) is 0 Å². The van der Waals surface area contributed by atoms with Crippen molar-refractivity contribution in [3.63, 3.8) is 0 Å². The second-order valence-electron chi connectivity index (χ2n) is 7.15. The molecule has 21 heavy (non-hydrogen) atoms. The van der Waals surface area contributed by atoms with Crippen LogP contribution in [0.25, 0.3) is 0 Å². The van der Waals surface area contributed by atoms with E-state index in [0.717, 1.165) is 36.8 Å². The average Bonchev–Trinajstić information content (AvgIpc) is 2.92. The zero-order valence-corrected chi connectivity index (χ0v) is 13.1. The van der Waals surface area contributed by atoms with Crippen molar-refractivity contribution in [2.24, 2.45) is 11.8 Å². The van der Waals surface area contributed by atoms with E-state index in [1.807, 2.05) is 6.08 Å². The van der Waals surface area contributed by atoms with Gasteiger partial charge in [-0.05, 0) is 69.3 Å². The third-order valence-corrected chi connectivity index (χ3v) is 6.18. The van der Waals surface area contributed by atoms with Gasteiger partial charge in [0.1, 0.15) is 0 Å². The molecule has 1 aliphatic carbocycles. The Balaban J connectivity index is 1.71. The summed E-state index contributed by atoms with van der Waals surface area (Å²) in [6, 6.07) is 2.23. The van der Waals surface area contributed by atoms with Gasteiger partial charge in [-0.25, -0.2) is 0 Å². The van der Waals surface area contributed by atoms with E-state index < -0.39 is 0 Å². The normalized spacial score (nSPS) is 39.9. The summed E-state index contributed by atoms with van der Waals surface area (Å²) in [6.07, 6.45) is 21.1. The maximum absolute atomic E-state index is 9.35. The minimum absolute atomic E-state index is 0.347. The lowest BCUT2D eigenvalue weighted by Gasteiger charge is -2.51. The average molecular weight is 287 g/mol. The second kappa shape index (κ2) is 6.99. The van der Waals surface area contributed by atoms with Crippen molar-refractivity contribution in [2.45, 2.75) is 75.9 Å². The molecule has 0 aromatic carbocycles. The Morgan fingerprint density at radius 1 is 1.14 bits per heavy atom. The van der Waals surface area contributed by atoms with Crippen molar-refractivity contribution in [3.05, 3.63) is 12.2 Å². The van der Waals surface area contributed by atoms with Crippen LogP contribution < -0.4 is 0 Å². The van der Waals surface area contributed by atoms with Crippen LogP contribution in [0.5, 0.6) is 0 Å². The maximum Gasteiger partial charge on any atom is 0.0445 e. The van der Waals surface area contributed by atoms with Crippen LogP contribution in [0.15, 0.2) is 12.2 Å². The van der Waals surface area contributed by atoms with Crippen molar-refractivity contribution >= 4 is 0 Å². The van der Waals surface area contributed by atoms with Crippen LogP contribution in [0.3, 0.4) is 0 Å². The first-order valence-electron chi connectivity index (χ1n) is 8.84. The molecule has 0 spiro atoms. The van der Waals surface area contributed by atoms with Crippen molar-refractivity contribution in [1.29, 1.82) is 0 Å². The molecule has 0 aromatic rings. The zero-order chi connectivity index (χ0) is 14.7. The Labute approximate surface area is 129 Å². The number of hydrogen-bond acceptors (Lipinski definition) is 2. The van der Waals surface area contributed by atoms with Crippen LogP contribution >= 0.6 is 0 Å². The van der Waals surface area contributed by atoms with Crippen molar-refractivity contribution in [2.75, 3.05) is 6.61 Å². The Kier molecular flexibility index (Phi) is 5.03. The highest BCUT2D eigenvalue weighted by atomic mass is 16.3. The first-order chi connectivity index (χ1) is 10.3. The molecule has 2 nitrogen and oxygen atoms in total. The molecule has 5 unspecified atom stereocenters. The molecule has 2 aliphatic heterocycles. The summed E-state index contributed by atoms with van der Waals surface area (Å²) < 4.78 is 0. The number of fused-ring (bicyclic) bond motifs is 3. The van der Waals surface area contributed by atoms with Gasteiger partial charge in [-0.2, -0.15) is 0 Å². The molecular formula is C19H29NO. The zero-order valence-electron chi connectivity index (χ0n) is 13.1. The molecule has 0 bridgehead atoms. The van der Waals surface area contributed by atoms with Gasteiger partial charge < -0.3 is 5.11 Å². The number of piperidine rings is 1. The third-order valence-electron chi connectivity index (χ3n) is 6.18. The maximum atomic E-state index is 9.35. The SMILES string of the molecule is C#CC=CCC1CCCC2C1CCC1CCC(CCO)N12. The van der Waals surface area contributed by atoms with Crippen molar-refractivity contribution < 1.29 is 5.11 Å². The van der Waals surface area contributed by atoms with Crippen LogP contribution in [0.1, 0.15) is 57.8 Å². The molecular weight excluding hydrogens is 258 g/mol. The summed E-state index contributed by atoms with van der Waals surface area (Å²) >= 11 is 0. The minimum Gasteiger partial charge on any atom is -0.396 e. The van der Waals surface area contributed by atoms with Crippen LogP contribution in [0, 0.1) is 24.2 Å². The summed E-state index contributed by atoms with van der Waals surface area (Å²) in [5, 5.41) is 9.35. The van der Waals surface area contributed by atoms with Crippen LogP contribution in [-0.4, -0.2) is 34.7 Å². The fourth-order valence-corrected chi connectivity index (χ4v) is 5.38. The minimum atomic E-state index is 0.347. The van der Waals surface area contributed by atoms with E-state index in [0.29, 0.717) is 12.6 Å². The lowest BCUT2D eigenvalue weighted by molar-refractivity contribution is -0.0166. The number of terminal acetylenes is 1. The molecule has 2 heteroatoms. The number of aliphatic hydroxyl groups is 1. The predicted molar refractivity (Wildman–Crippen MR) is 86.8 cm³/mol. The van der Waals surface area contributed by atoms with Gasteiger partial charge in [-0.15, -0.1) is 6.42 Å². The van der Waals surface area contributed by atoms with E-state index in [1.165, 1.54) is 44.9 Å².